The number of sulfone groups is 1. The van der Waals surface area contributed by atoms with Crippen LogP contribution in [0.5, 0.6) is 0 Å². The molecule has 0 bridgehead atoms. The van der Waals surface area contributed by atoms with E-state index in [2.05, 4.69) is 4.98 Å². The minimum Gasteiger partial charge on any atom is -0.354 e. The third-order valence-corrected chi connectivity index (χ3v) is 4.88. The van der Waals surface area contributed by atoms with Crippen LogP contribution in [0.2, 0.25) is 0 Å². The van der Waals surface area contributed by atoms with Gasteiger partial charge >= 0.3 is 6.18 Å². The lowest BCUT2D eigenvalue weighted by atomic mass is 10.1. The second kappa shape index (κ2) is 5.23. The molecule has 1 aromatic rings. The maximum absolute atomic E-state index is 12.7. The Morgan fingerprint density at radius 1 is 1.25 bits per heavy atom. The SMILES string of the molecule is CCc1ccc(C(F)(F)F)nc1N1CCS(=O)(=O)CC1. The molecule has 0 unspecified atom stereocenters. The fourth-order valence-electron chi connectivity index (χ4n) is 2.11. The van der Waals surface area contributed by atoms with Crippen LogP contribution in [0.4, 0.5) is 19.0 Å². The van der Waals surface area contributed by atoms with Crippen molar-refractivity contribution in [2.75, 3.05) is 29.5 Å². The summed E-state index contributed by atoms with van der Waals surface area (Å²) in [7, 11) is -3.07. The molecule has 0 N–H and O–H groups in total. The molecule has 0 spiro atoms. The molecule has 0 atom stereocenters. The van der Waals surface area contributed by atoms with E-state index in [4.69, 9.17) is 0 Å². The average molecular weight is 308 g/mol. The van der Waals surface area contributed by atoms with E-state index in [1.54, 1.807) is 4.90 Å². The first-order chi connectivity index (χ1) is 9.23. The molecule has 4 nitrogen and oxygen atoms in total. The van der Waals surface area contributed by atoms with Crippen LogP contribution >= 0.6 is 0 Å². The standard InChI is InChI=1S/C12H15F3N2O2S/c1-2-9-3-4-10(12(13,14)15)16-11(9)17-5-7-20(18,19)8-6-17/h3-4H,2,5-8H2,1H3. The first-order valence-corrected chi connectivity index (χ1v) is 8.07. The zero-order valence-electron chi connectivity index (χ0n) is 10.9. The molecule has 1 aliphatic rings. The minimum absolute atomic E-state index is 0.0475. The van der Waals surface area contributed by atoms with Crippen LogP contribution in [0.25, 0.3) is 0 Å². The molecule has 1 aromatic heterocycles. The lowest BCUT2D eigenvalue weighted by Crippen LogP contribution is -2.41. The highest BCUT2D eigenvalue weighted by atomic mass is 32.2. The first-order valence-electron chi connectivity index (χ1n) is 6.25. The van der Waals surface area contributed by atoms with Crippen molar-refractivity contribution in [1.29, 1.82) is 0 Å². The van der Waals surface area contributed by atoms with Gasteiger partial charge in [0.15, 0.2) is 9.84 Å². The molecule has 8 heteroatoms. The molecule has 0 radical (unpaired) electrons. The number of aromatic nitrogens is 1. The Bertz CT molecular complexity index is 585. The van der Waals surface area contributed by atoms with E-state index in [0.717, 1.165) is 6.07 Å². The summed E-state index contributed by atoms with van der Waals surface area (Å²) in [6, 6.07) is 2.37. The topological polar surface area (TPSA) is 50.3 Å². The van der Waals surface area contributed by atoms with Crippen LogP contribution in [0.1, 0.15) is 18.2 Å². The van der Waals surface area contributed by atoms with E-state index < -0.39 is 21.7 Å². The number of rotatable bonds is 2. The molecule has 20 heavy (non-hydrogen) atoms. The van der Waals surface area contributed by atoms with E-state index in [1.165, 1.54) is 6.07 Å². The van der Waals surface area contributed by atoms with E-state index in [-0.39, 0.29) is 30.4 Å². The summed E-state index contributed by atoms with van der Waals surface area (Å²) in [5.41, 5.74) is -0.254. The van der Waals surface area contributed by atoms with Crippen LogP contribution in [0, 0.1) is 0 Å². The van der Waals surface area contributed by atoms with Crippen LogP contribution in [0.3, 0.4) is 0 Å². The summed E-state index contributed by atoms with van der Waals surface area (Å²) in [5.74, 6) is 0.152. The highest BCUT2D eigenvalue weighted by molar-refractivity contribution is 7.91. The van der Waals surface area contributed by atoms with Gasteiger partial charge in [-0.25, -0.2) is 13.4 Å². The Morgan fingerprint density at radius 3 is 2.35 bits per heavy atom. The normalized spacial score (nSPS) is 19.1. The predicted molar refractivity (Wildman–Crippen MR) is 69.5 cm³/mol. The van der Waals surface area contributed by atoms with Gasteiger partial charge in [-0.15, -0.1) is 0 Å². The number of alkyl halides is 3. The maximum Gasteiger partial charge on any atom is 0.433 e. The summed E-state index contributed by atoms with van der Waals surface area (Å²) >= 11 is 0. The summed E-state index contributed by atoms with van der Waals surface area (Å²) < 4.78 is 60.9. The smallest absolute Gasteiger partial charge is 0.354 e. The Labute approximate surface area is 115 Å². The summed E-state index contributed by atoms with van der Waals surface area (Å²) in [6.45, 7) is 2.20. The van der Waals surface area contributed by atoms with Gasteiger partial charge in [0, 0.05) is 13.1 Å². The molecule has 1 fully saturated rings. The monoisotopic (exact) mass is 308 g/mol. The fraction of sp³-hybridized carbons (Fsp3) is 0.583. The van der Waals surface area contributed by atoms with Gasteiger partial charge in [0.2, 0.25) is 0 Å². The van der Waals surface area contributed by atoms with Gasteiger partial charge < -0.3 is 4.90 Å². The van der Waals surface area contributed by atoms with Crippen LogP contribution in [-0.2, 0) is 22.4 Å². The number of hydrogen-bond donors (Lipinski definition) is 0. The molecule has 1 saturated heterocycles. The van der Waals surface area contributed by atoms with E-state index >= 15 is 0 Å². The average Bonchev–Trinajstić information content (AvgIpc) is 2.37. The summed E-state index contributed by atoms with van der Waals surface area (Å²) in [6.07, 6.45) is -3.95. The van der Waals surface area contributed by atoms with E-state index in [0.29, 0.717) is 12.0 Å². The molecule has 2 heterocycles. The second-order valence-electron chi connectivity index (χ2n) is 4.67. The number of halogens is 3. The summed E-state index contributed by atoms with van der Waals surface area (Å²) in [5, 5.41) is 0. The first kappa shape index (κ1) is 15.1. The van der Waals surface area contributed by atoms with Gasteiger partial charge in [0.05, 0.1) is 11.5 Å². The fourth-order valence-corrected chi connectivity index (χ4v) is 3.31. The number of aryl methyl sites for hydroxylation is 1. The minimum atomic E-state index is -4.50. The highest BCUT2D eigenvalue weighted by Crippen LogP contribution is 2.31. The molecule has 112 valence electrons. The van der Waals surface area contributed by atoms with Gasteiger partial charge in [-0.3, -0.25) is 0 Å². The molecule has 0 aromatic carbocycles. The van der Waals surface area contributed by atoms with Gasteiger partial charge in [-0.2, -0.15) is 13.2 Å². The van der Waals surface area contributed by atoms with Gasteiger partial charge in [0.25, 0.3) is 0 Å². The Morgan fingerprint density at radius 2 is 1.85 bits per heavy atom. The molecule has 0 saturated carbocycles. The third-order valence-electron chi connectivity index (χ3n) is 3.27. The van der Waals surface area contributed by atoms with E-state index in [9.17, 15) is 21.6 Å². The largest absolute Gasteiger partial charge is 0.433 e. The van der Waals surface area contributed by atoms with Crippen molar-refractivity contribution in [3.63, 3.8) is 0 Å². The lowest BCUT2D eigenvalue weighted by Gasteiger charge is -2.29. The van der Waals surface area contributed by atoms with Crippen LogP contribution < -0.4 is 4.90 Å². The van der Waals surface area contributed by atoms with Gasteiger partial charge in [-0.05, 0) is 18.1 Å². The Balaban J connectivity index is 2.34. The molecular formula is C12H15F3N2O2S. The van der Waals surface area contributed by atoms with Crippen molar-refractivity contribution >= 4 is 15.7 Å². The van der Waals surface area contributed by atoms with Gasteiger partial charge in [0.1, 0.15) is 11.5 Å². The lowest BCUT2D eigenvalue weighted by molar-refractivity contribution is -0.141. The molecule has 0 amide bonds. The molecule has 2 rings (SSSR count). The third kappa shape index (κ3) is 3.23. The zero-order valence-corrected chi connectivity index (χ0v) is 11.8. The van der Waals surface area contributed by atoms with Crippen molar-refractivity contribution in [3.05, 3.63) is 23.4 Å². The quantitative estimate of drug-likeness (QED) is 0.837. The van der Waals surface area contributed by atoms with Crippen molar-refractivity contribution in [2.45, 2.75) is 19.5 Å². The van der Waals surface area contributed by atoms with Crippen molar-refractivity contribution in [2.24, 2.45) is 0 Å². The predicted octanol–water partition coefficient (Wildman–Crippen LogP) is 1.90. The number of anilines is 1. The number of pyridine rings is 1. The molecule has 0 aliphatic carbocycles. The van der Waals surface area contributed by atoms with Crippen molar-refractivity contribution < 1.29 is 21.6 Å². The number of hydrogen-bond acceptors (Lipinski definition) is 4. The van der Waals surface area contributed by atoms with Crippen molar-refractivity contribution in [3.8, 4) is 0 Å². The Hall–Kier alpha value is -1.31. The van der Waals surface area contributed by atoms with Crippen LogP contribution in [-0.4, -0.2) is 38.0 Å². The van der Waals surface area contributed by atoms with Crippen LogP contribution in [0.15, 0.2) is 12.1 Å². The second-order valence-corrected chi connectivity index (χ2v) is 6.97. The number of nitrogens with zero attached hydrogens (tertiary/aromatic N) is 2. The molecular weight excluding hydrogens is 293 g/mol. The maximum atomic E-state index is 12.7. The summed E-state index contributed by atoms with van der Waals surface area (Å²) in [4.78, 5) is 5.31. The molecule has 1 aliphatic heterocycles. The highest BCUT2D eigenvalue weighted by Gasteiger charge is 2.34. The zero-order chi connectivity index (χ0) is 15.0. The van der Waals surface area contributed by atoms with Crippen molar-refractivity contribution in [1.82, 2.24) is 4.98 Å². The van der Waals surface area contributed by atoms with E-state index in [1.807, 2.05) is 6.92 Å². The van der Waals surface area contributed by atoms with Gasteiger partial charge in [-0.1, -0.05) is 13.0 Å². The Kier molecular flexibility index (Phi) is 3.95.